The predicted molar refractivity (Wildman–Crippen MR) is 126 cm³/mol. The standard InChI is InChI=1S/C24H33N3O5S/c1-6-8-24(4,5)32-23(28)26-10-12-27(13-11-26)33(29,30)22-17-25-9-7-21(22)31-20-15-18(2)14-19(3)16-20/h7,9,14-17H,6,8,10-13H2,1-5H3. The number of sulfonamides is 1. The van der Waals surface area contributed by atoms with Crippen molar-refractivity contribution in [3.05, 3.63) is 47.8 Å². The van der Waals surface area contributed by atoms with E-state index in [2.05, 4.69) is 4.98 Å². The van der Waals surface area contributed by atoms with Gasteiger partial charge >= 0.3 is 6.09 Å². The number of aryl methyl sites for hydroxylation is 2. The van der Waals surface area contributed by atoms with Gasteiger partial charge in [-0.3, -0.25) is 4.98 Å². The van der Waals surface area contributed by atoms with E-state index < -0.39 is 21.7 Å². The number of aromatic nitrogens is 1. The van der Waals surface area contributed by atoms with Gasteiger partial charge in [-0.15, -0.1) is 0 Å². The Morgan fingerprint density at radius 2 is 1.73 bits per heavy atom. The van der Waals surface area contributed by atoms with E-state index in [-0.39, 0.29) is 36.8 Å². The Labute approximate surface area is 196 Å². The smallest absolute Gasteiger partial charge is 0.410 e. The molecular weight excluding hydrogens is 442 g/mol. The molecule has 0 saturated carbocycles. The van der Waals surface area contributed by atoms with Crippen LogP contribution in [0.15, 0.2) is 41.6 Å². The Bertz CT molecular complexity index is 1070. The Morgan fingerprint density at radius 1 is 1.09 bits per heavy atom. The molecule has 2 heterocycles. The zero-order valence-electron chi connectivity index (χ0n) is 20.0. The van der Waals surface area contributed by atoms with Gasteiger partial charge < -0.3 is 14.4 Å². The van der Waals surface area contributed by atoms with Crippen molar-refractivity contribution in [3.8, 4) is 11.5 Å². The molecule has 1 fully saturated rings. The van der Waals surface area contributed by atoms with Crippen molar-refractivity contribution in [2.24, 2.45) is 0 Å². The lowest BCUT2D eigenvalue weighted by molar-refractivity contribution is 0.00345. The first-order valence-corrected chi connectivity index (χ1v) is 12.6. The number of hydrogen-bond acceptors (Lipinski definition) is 6. The Hall–Kier alpha value is -2.65. The molecule has 1 aliphatic rings. The molecule has 0 N–H and O–H groups in total. The van der Waals surface area contributed by atoms with E-state index in [4.69, 9.17) is 9.47 Å². The van der Waals surface area contributed by atoms with E-state index in [1.54, 1.807) is 11.0 Å². The molecule has 1 amide bonds. The first-order valence-electron chi connectivity index (χ1n) is 11.2. The number of hydrogen-bond donors (Lipinski definition) is 0. The number of rotatable bonds is 7. The summed E-state index contributed by atoms with van der Waals surface area (Å²) in [6.07, 6.45) is 4.07. The fraction of sp³-hybridized carbons (Fsp3) is 0.500. The fourth-order valence-electron chi connectivity index (χ4n) is 3.97. The molecule has 1 aromatic carbocycles. The molecule has 9 heteroatoms. The van der Waals surface area contributed by atoms with Crippen molar-refractivity contribution >= 4 is 16.1 Å². The maximum atomic E-state index is 13.4. The Kier molecular flexibility index (Phi) is 7.64. The largest absolute Gasteiger partial charge is 0.456 e. The summed E-state index contributed by atoms with van der Waals surface area (Å²) >= 11 is 0. The fourth-order valence-corrected chi connectivity index (χ4v) is 5.45. The van der Waals surface area contributed by atoms with Gasteiger partial charge in [0.2, 0.25) is 10.0 Å². The third-order valence-corrected chi connectivity index (χ3v) is 7.41. The highest BCUT2D eigenvalue weighted by Gasteiger charge is 2.34. The van der Waals surface area contributed by atoms with Crippen molar-refractivity contribution in [2.45, 2.75) is 58.0 Å². The van der Waals surface area contributed by atoms with Crippen molar-refractivity contribution in [2.75, 3.05) is 26.2 Å². The van der Waals surface area contributed by atoms with Crippen molar-refractivity contribution in [1.29, 1.82) is 0 Å². The molecule has 2 aromatic rings. The molecule has 8 nitrogen and oxygen atoms in total. The second kappa shape index (κ2) is 10.1. The molecule has 0 unspecified atom stereocenters. The maximum Gasteiger partial charge on any atom is 0.410 e. The summed E-state index contributed by atoms with van der Waals surface area (Å²) in [5, 5.41) is 0. The molecule has 0 spiro atoms. The zero-order valence-corrected chi connectivity index (χ0v) is 20.8. The molecule has 180 valence electrons. The van der Waals surface area contributed by atoms with Gasteiger partial charge in [-0.2, -0.15) is 4.31 Å². The summed E-state index contributed by atoms with van der Waals surface area (Å²) in [6, 6.07) is 7.28. The molecule has 0 aliphatic carbocycles. The van der Waals surface area contributed by atoms with E-state index in [0.717, 1.165) is 24.0 Å². The number of amides is 1. The van der Waals surface area contributed by atoms with Gasteiger partial charge in [-0.1, -0.05) is 19.4 Å². The van der Waals surface area contributed by atoms with Crippen LogP contribution in [-0.2, 0) is 14.8 Å². The summed E-state index contributed by atoms with van der Waals surface area (Å²) in [6.45, 7) is 10.6. The number of carbonyl (C=O) groups excluding carboxylic acids is 1. The van der Waals surface area contributed by atoms with Crippen molar-refractivity contribution in [3.63, 3.8) is 0 Å². The number of carbonyl (C=O) groups is 1. The lowest BCUT2D eigenvalue weighted by Crippen LogP contribution is -2.51. The van der Waals surface area contributed by atoms with Crippen LogP contribution < -0.4 is 4.74 Å². The second-order valence-electron chi connectivity index (χ2n) is 9.02. The topological polar surface area (TPSA) is 89.0 Å². The number of piperazine rings is 1. The molecule has 1 aromatic heterocycles. The van der Waals surface area contributed by atoms with E-state index in [1.165, 1.54) is 16.7 Å². The van der Waals surface area contributed by atoms with Crippen LogP contribution in [0.1, 0.15) is 44.7 Å². The first kappa shape index (κ1) is 25.0. The zero-order chi connectivity index (χ0) is 24.2. The first-order chi connectivity index (χ1) is 15.5. The summed E-state index contributed by atoms with van der Waals surface area (Å²) in [4.78, 5) is 18.1. The summed E-state index contributed by atoms with van der Waals surface area (Å²) in [5.41, 5.74) is 1.49. The highest BCUT2D eigenvalue weighted by Crippen LogP contribution is 2.31. The van der Waals surface area contributed by atoms with Crippen LogP contribution >= 0.6 is 0 Å². The van der Waals surface area contributed by atoms with E-state index in [9.17, 15) is 13.2 Å². The van der Waals surface area contributed by atoms with Crippen LogP contribution in [0.5, 0.6) is 11.5 Å². The van der Waals surface area contributed by atoms with Gasteiger partial charge in [0.15, 0.2) is 5.75 Å². The van der Waals surface area contributed by atoms with Gasteiger partial charge in [-0.25, -0.2) is 13.2 Å². The van der Waals surface area contributed by atoms with Crippen LogP contribution in [0.2, 0.25) is 0 Å². The van der Waals surface area contributed by atoms with E-state index in [1.807, 2.05) is 52.8 Å². The third-order valence-electron chi connectivity index (χ3n) is 5.50. The van der Waals surface area contributed by atoms with Gasteiger partial charge in [0.1, 0.15) is 16.2 Å². The van der Waals surface area contributed by atoms with Gasteiger partial charge in [0.05, 0.1) is 6.20 Å². The third kappa shape index (κ3) is 6.23. The van der Waals surface area contributed by atoms with Crippen LogP contribution in [0.3, 0.4) is 0 Å². The molecule has 33 heavy (non-hydrogen) atoms. The number of nitrogens with zero attached hydrogens (tertiary/aromatic N) is 3. The predicted octanol–water partition coefficient (Wildman–Crippen LogP) is 4.51. The second-order valence-corrected chi connectivity index (χ2v) is 10.9. The maximum absolute atomic E-state index is 13.4. The number of ether oxygens (including phenoxy) is 2. The Morgan fingerprint density at radius 3 is 2.33 bits per heavy atom. The average molecular weight is 476 g/mol. The van der Waals surface area contributed by atoms with Crippen molar-refractivity contribution < 1.29 is 22.7 Å². The quantitative estimate of drug-likeness (QED) is 0.585. The van der Waals surface area contributed by atoms with Crippen molar-refractivity contribution in [1.82, 2.24) is 14.2 Å². The summed E-state index contributed by atoms with van der Waals surface area (Å²) in [5.74, 6) is 0.788. The van der Waals surface area contributed by atoms with Crippen LogP contribution in [0.4, 0.5) is 4.79 Å². The van der Waals surface area contributed by atoms with Crippen LogP contribution in [0.25, 0.3) is 0 Å². The SMILES string of the molecule is CCCC(C)(C)OC(=O)N1CCN(S(=O)(=O)c2cnccc2Oc2cc(C)cc(C)c2)CC1. The van der Waals surface area contributed by atoms with E-state index >= 15 is 0 Å². The molecular formula is C24H33N3O5S. The molecule has 3 rings (SSSR count). The van der Waals surface area contributed by atoms with Gasteiger partial charge in [0, 0.05) is 38.4 Å². The van der Waals surface area contributed by atoms with Crippen LogP contribution in [-0.4, -0.2) is 60.5 Å². The molecule has 0 radical (unpaired) electrons. The number of pyridine rings is 1. The minimum absolute atomic E-state index is 0.00395. The molecule has 0 bridgehead atoms. The normalized spacial score (nSPS) is 15.4. The highest BCUT2D eigenvalue weighted by molar-refractivity contribution is 7.89. The lowest BCUT2D eigenvalue weighted by Gasteiger charge is -2.35. The van der Waals surface area contributed by atoms with Crippen LogP contribution in [0, 0.1) is 13.8 Å². The van der Waals surface area contributed by atoms with Gasteiger partial charge in [-0.05, 0) is 57.4 Å². The van der Waals surface area contributed by atoms with E-state index in [0.29, 0.717) is 5.75 Å². The van der Waals surface area contributed by atoms with Gasteiger partial charge in [0.25, 0.3) is 0 Å². The summed E-state index contributed by atoms with van der Waals surface area (Å²) in [7, 11) is -3.86. The minimum atomic E-state index is -3.86. The number of benzene rings is 1. The lowest BCUT2D eigenvalue weighted by atomic mass is 10.0. The Balaban J connectivity index is 1.72. The minimum Gasteiger partial charge on any atom is -0.456 e. The summed E-state index contributed by atoms with van der Waals surface area (Å²) < 4.78 is 39.7. The molecule has 0 atom stereocenters. The highest BCUT2D eigenvalue weighted by atomic mass is 32.2. The monoisotopic (exact) mass is 475 g/mol. The molecule has 1 aliphatic heterocycles. The average Bonchev–Trinajstić information content (AvgIpc) is 2.73. The molecule has 1 saturated heterocycles.